The fourth-order valence-corrected chi connectivity index (χ4v) is 1.90. The lowest BCUT2D eigenvalue weighted by Gasteiger charge is -2.26. The summed E-state index contributed by atoms with van der Waals surface area (Å²) < 4.78 is 5.33. The lowest BCUT2D eigenvalue weighted by molar-refractivity contribution is 0.0342. The molecular formula is C14H18N2O. The van der Waals surface area contributed by atoms with Gasteiger partial charge in [0.2, 0.25) is 0 Å². The number of terminal acetylenes is 1. The van der Waals surface area contributed by atoms with Crippen molar-refractivity contribution >= 4 is 5.69 Å². The van der Waals surface area contributed by atoms with Crippen LogP contribution in [0.5, 0.6) is 0 Å². The Morgan fingerprint density at radius 1 is 1.24 bits per heavy atom. The smallest absolute Gasteiger partial charge is 0.0763 e. The molecule has 1 fully saturated rings. The van der Waals surface area contributed by atoms with E-state index in [2.05, 4.69) is 40.4 Å². The number of benzene rings is 1. The molecule has 1 heterocycles. The van der Waals surface area contributed by atoms with E-state index in [4.69, 9.17) is 11.2 Å². The number of nitrogens with zero attached hydrogens (tertiary/aromatic N) is 1. The summed E-state index contributed by atoms with van der Waals surface area (Å²) in [7, 11) is 0. The van der Waals surface area contributed by atoms with Gasteiger partial charge in [-0.25, -0.2) is 0 Å². The molecule has 17 heavy (non-hydrogen) atoms. The summed E-state index contributed by atoms with van der Waals surface area (Å²) in [6, 6.07) is 8.45. The van der Waals surface area contributed by atoms with Crippen molar-refractivity contribution in [2.45, 2.75) is 6.54 Å². The van der Waals surface area contributed by atoms with E-state index in [9.17, 15) is 0 Å². The predicted molar refractivity (Wildman–Crippen MR) is 69.9 cm³/mol. The van der Waals surface area contributed by atoms with Gasteiger partial charge >= 0.3 is 0 Å². The number of hydrogen-bond donors (Lipinski definition) is 1. The lowest BCUT2D eigenvalue weighted by Crippen LogP contribution is -2.35. The minimum Gasteiger partial charge on any atom is -0.379 e. The molecule has 0 aromatic heterocycles. The van der Waals surface area contributed by atoms with Gasteiger partial charge < -0.3 is 10.1 Å². The molecule has 0 spiro atoms. The first-order chi connectivity index (χ1) is 8.38. The molecule has 0 radical (unpaired) electrons. The van der Waals surface area contributed by atoms with Crippen LogP contribution < -0.4 is 5.32 Å². The molecule has 1 N–H and O–H groups in total. The van der Waals surface area contributed by atoms with Crippen LogP contribution in [0.15, 0.2) is 24.3 Å². The summed E-state index contributed by atoms with van der Waals surface area (Å²) in [5.74, 6) is 2.56. The second-order valence-electron chi connectivity index (χ2n) is 4.14. The first kappa shape index (κ1) is 12.0. The minimum absolute atomic E-state index is 0.572. The van der Waals surface area contributed by atoms with Crippen LogP contribution in [-0.4, -0.2) is 37.7 Å². The first-order valence-electron chi connectivity index (χ1n) is 5.95. The van der Waals surface area contributed by atoms with Crippen molar-refractivity contribution in [3.63, 3.8) is 0 Å². The lowest BCUT2D eigenvalue weighted by atomic mass is 10.2. The van der Waals surface area contributed by atoms with Crippen LogP contribution in [0.1, 0.15) is 5.56 Å². The number of rotatable bonds is 4. The normalized spacial score (nSPS) is 16.4. The van der Waals surface area contributed by atoms with Gasteiger partial charge in [0.1, 0.15) is 0 Å². The van der Waals surface area contributed by atoms with E-state index in [-0.39, 0.29) is 0 Å². The third-order valence-electron chi connectivity index (χ3n) is 2.86. The summed E-state index contributed by atoms with van der Waals surface area (Å²) in [6.07, 6.45) is 5.20. The highest BCUT2D eigenvalue weighted by Crippen LogP contribution is 2.12. The second kappa shape index (κ2) is 6.29. The largest absolute Gasteiger partial charge is 0.379 e. The van der Waals surface area contributed by atoms with Crippen molar-refractivity contribution in [2.75, 3.05) is 38.2 Å². The van der Waals surface area contributed by atoms with Crippen molar-refractivity contribution in [3.05, 3.63) is 29.8 Å². The highest BCUT2D eigenvalue weighted by Gasteiger charge is 2.10. The van der Waals surface area contributed by atoms with E-state index in [1.54, 1.807) is 0 Å². The molecule has 90 valence electrons. The van der Waals surface area contributed by atoms with Gasteiger partial charge in [-0.1, -0.05) is 18.1 Å². The zero-order chi connectivity index (χ0) is 11.9. The molecular weight excluding hydrogens is 212 g/mol. The predicted octanol–water partition coefficient (Wildman–Crippen LogP) is 1.56. The second-order valence-corrected chi connectivity index (χ2v) is 4.14. The van der Waals surface area contributed by atoms with Gasteiger partial charge in [-0.05, 0) is 17.7 Å². The van der Waals surface area contributed by atoms with Gasteiger partial charge in [0.25, 0.3) is 0 Å². The number of anilines is 1. The van der Waals surface area contributed by atoms with E-state index in [0.717, 1.165) is 38.5 Å². The molecule has 1 aromatic rings. The molecule has 0 bridgehead atoms. The molecule has 1 aliphatic heterocycles. The van der Waals surface area contributed by atoms with Crippen molar-refractivity contribution in [1.82, 2.24) is 4.90 Å². The topological polar surface area (TPSA) is 24.5 Å². The molecule has 0 aliphatic carbocycles. The van der Waals surface area contributed by atoms with Crippen molar-refractivity contribution in [1.29, 1.82) is 0 Å². The van der Waals surface area contributed by atoms with Gasteiger partial charge in [0.05, 0.1) is 19.8 Å². The Bertz CT molecular complexity index is 374. The number of nitrogens with one attached hydrogen (secondary N) is 1. The van der Waals surface area contributed by atoms with Crippen LogP contribution in [0, 0.1) is 12.3 Å². The Hall–Kier alpha value is -1.50. The summed E-state index contributed by atoms with van der Waals surface area (Å²) in [6.45, 7) is 5.32. The summed E-state index contributed by atoms with van der Waals surface area (Å²) in [4.78, 5) is 2.41. The molecule has 0 atom stereocenters. The molecule has 1 saturated heterocycles. The van der Waals surface area contributed by atoms with Crippen molar-refractivity contribution < 1.29 is 4.74 Å². The maximum absolute atomic E-state index is 5.33. The van der Waals surface area contributed by atoms with Gasteiger partial charge in [-0.15, -0.1) is 6.42 Å². The Kier molecular flexibility index (Phi) is 4.43. The first-order valence-corrected chi connectivity index (χ1v) is 5.95. The molecule has 0 saturated carbocycles. The summed E-state index contributed by atoms with van der Waals surface area (Å²) in [5, 5.41) is 3.16. The Balaban J connectivity index is 1.86. The highest BCUT2D eigenvalue weighted by molar-refractivity contribution is 5.45. The number of ether oxygens (including phenoxy) is 1. The quantitative estimate of drug-likeness (QED) is 0.795. The van der Waals surface area contributed by atoms with E-state index in [0.29, 0.717) is 6.54 Å². The van der Waals surface area contributed by atoms with Gasteiger partial charge in [-0.2, -0.15) is 0 Å². The number of morpholine rings is 1. The fraction of sp³-hybridized carbons (Fsp3) is 0.429. The van der Waals surface area contributed by atoms with Crippen LogP contribution >= 0.6 is 0 Å². The minimum atomic E-state index is 0.572. The van der Waals surface area contributed by atoms with Crippen LogP contribution in [0.4, 0.5) is 5.69 Å². The molecule has 0 amide bonds. The monoisotopic (exact) mass is 230 g/mol. The average Bonchev–Trinajstić information content (AvgIpc) is 2.39. The van der Waals surface area contributed by atoms with E-state index >= 15 is 0 Å². The van der Waals surface area contributed by atoms with Crippen LogP contribution in [0.25, 0.3) is 0 Å². The molecule has 2 rings (SSSR count). The third-order valence-corrected chi connectivity index (χ3v) is 2.86. The summed E-state index contributed by atoms with van der Waals surface area (Å²) in [5.41, 5.74) is 2.41. The average molecular weight is 230 g/mol. The van der Waals surface area contributed by atoms with Gasteiger partial charge in [0, 0.05) is 25.3 Å². The van der Waals surface area contributed by atoms with Crippen LogP contribution in [0.2, 0.25) is 0 Å². The van der Waals surface area contributed by atoms with E-state index < -0.39 is 0 Å². The Morgan fingerprint density at radius 2 is 1.94 bits per heavy atom. The Labute approximate surface area is 103 Å². The highest BCUT2D eigenvalue weighted by atomic mass is 16.5. The SMILES string of the molecule is C#CCNc1ccc(CN2CCOCC2)cc1. The Morgan fingerprint density at radius 3 is 2.59 bits per heavy atom. The maximum Gasteiger partial charge on any atom is 0.0763 e. The standard InChI is InChI=1S/C14H18N2O/c1-2-7-15-14-5-3-13(4-6-14)12-16-8-10-17-11-9-16/h1,3-6,15H,7-12H2. The summed E-state index contributed by atoms with van der Waals surface area (Å²) >= 11 is 0. The van der Waals surface area contributed by atoms with Gasteiger partial charge in [0.15, 0.2) is 0 Å². The fourth-order valence-electron chi connectivity index (χ4n) is 1.90. The van der Waals surface area contributed by atoms with E-state index in [1.165, 1.54) is 5.56 Å². The maximum atomic E-state index is 5.33. The zero-order valence-electron chi connectivity index (χ0n) is 9.98. The number of hydrogen-bond acceptors (Lipinski definition) is 3. The van der Waals surface area contributed by atoms with Gasteiger partial charge in [-0.3, -0.25) is 4.90 Å². The molecule has 3 nitrogen and oxygen atoms in total. The molecule has 0 unspecified atom stereocenters. The molecule has 1 aromatic carbocycles. The van der Waals surface area contributed by atoms with Crippen LogP contribution in [-0.2, 0) is 11.3 Å². The zero-order valence-corrected chi connectivity index (χ0v) is 9.98. The van der Waals surface area contributed by atoms with Crippen molar-refractivity contribution in [3.8, 4) is 12.3 Å². The van der Waals surface area contributed by atoms with Crippen molar-refractivity contribution in [2.24, 2.45) is 0 Å². The van der Waals surface area contributed by atoms with Crippen LogP contribution in [0.3, 0.4) is 0 Å². The van der Waals surface area contributed by atoms with E-state index in [1.807, 2.05) is 0 Å². The molecule has 1 aliphatic rings. The third kappa shape index (κ3) is 3.77. The molecule has 3 heteroatoms.